The molecule has 1 aromatic carbocycles. The highest BCUT2D eigenvalue weighted by Crippen LogP contribution is 2.25. The molecule has 10 nitrogen and oxygen atoms in total. The zero-order valence-electron chi connectivity index (χ0n) is 15.5. The number of likely N-dealkylation sites (tertiary alicyclic amines) is 1. The average molecular weight is 442 g/mol. The van der Waals surface area contributed by atoms with Crippen LogP contribution in [0.3, 0.4) is 0 Å². The van der Waals surface area contributed by atoms with Gasteiger partial charge in [-0.1, -0.05) is 11.6 Å². The predicted molar refractivity (Wildman–Crippen MR) is 108 cm³/mol. The number of anilines is 2. The van der Waals surface area contributed by atoms with Crippen molar-refractivity contribution in [1.29, 1.82) is 0 Å². The second kappa shape index (κ2) is 8.29. The van der Waals surface area contributed by atoms with E-state index in [2.05, 4.69) is 15.1 Å². The van der Waals surface area contributed by atoms with Crippen LogP contribution in [0.2, 0.25) is 5.02 Å². The summed E-state index contributed by atoms with van der Waals surface area (Å²) < 4.78 is 26.8. The topological polar surface area (TPSA) is 134 Å². The Kier molecular flexibility index (Phi) is 5.99. The number of hydrogen-bond acceptors (Lipinski definition) is 5. The molecule has 1 aromatic heterocycles. The monoisotopic (exact) mass is 441 g/mol. The van der Waals surface area contributed by atoms with Crippen LogP contribution >= 0.6 is 11.6 Å². The Morgan fingerprint density at radius 1 is 1.21 bits per heavy atom. The number of nitrogens with one attached hydrogen (secondary N) is 2. The number of rotatable bonds is 5. The van der Waals surface area contributed by atoms with Gasteiger partial charge in [-0.05, 0) is 31.0 Å². The van der Waals surface area contributed by atoms with Gasteiger partial charge >= 0.3 is 6.09 Å². The molecule has 0 saturated carbocycles. The molecule has 1 fully saturated rings. The van der Waals surface area contributed by atoms with Crippen molar-refractivity contribution in [1.82, 2.24) is 14.7 Å². The van der Waals surface area contributed by atoms with E-state index in [-0.39, 0.29) is 16.8 Å². The van der Waals surface area contributed by atoms with Gasteiger partial charge in [0, 0.05) is 30.0 Å². The highest BCUT2D eigenvalue weighted by molar-refractivity contribution is 7.92. The Hall–Kier alpha value is -2.79. The molecule has 29 heavy (non-hydrogen) atoms. The van der Waals surface area contributed by atoms with Crippen LogP contribution in [0.5, 0.6) is 0 Å². The van der Waals surface area contributed by atoms with E-state index in [0.717, 1.165) is 6.26 Å². The molecule has 0 aliphatic carbocycles. The molecule has 0 radical (unpaired) electrons. The van der Waals surface area contributed by atoms with E-state index in [1.54, 1.807) is 10.9 Å². The lowest BCUT2D eigenvalue weighted by Crippen LogP contribution is -2.38. The predicted octanol–water partition coefficient (Wildman–Crippen LogP) is 2.48. The van der Waals surface area contributed by atoms with Crippen molar-refractivity contribution in [3.8, 4) is 0 Å². The van der Waals surface area contributed by atoms with E-state index in [1.165, 1.54) is 29.3 Å². The standard InChI is InChI=1S/C17H20ClN5O5S/c1-29(27,28)21-14-7-12(18)6-13(8-14)20-16(24)11-9-19-23(10-11)15-2-4-22(5-3-15)17(25)26/h6-10,15,21H,2-5H2,1H3,(H,20,24)(H,25,26). The van der Waals surface area contributed by atoms with E-state index in [0.29, 0.717) is 37.2 Å². The van der Waals surface area contributed by atoms with Crippen molar-refractivity contribution in [3.05, 3.63) is 41.2 Å². The summed E-state index contributed by atoms with van der Waals surface area (Å²) >= 11 is 6.00. The third kappa shape index (κ3) is 5.61. The Morgan fingerprint density at radius 2 is 1.86 bits per heavy atom. The van der Waals surface area contributed by atoms with Crippen LogP contribution in [0.15, 0.2) is 30.6 Å². The first-order chi connectivity index (χ1) is 13.6. The summed E-state index contributed by atoms with van der Waals surface area (Å²) in [6.45, 7) is 0.833. The van der Waals surface area contributed by atoms with Gasteiger partial charge in [0.2, 0.25) is 10.0 Å². The van der Waals surface area contributed by atoms with Gasteiger partial charge < -0.3 is 15.3 Å². The third-order valence-electron chi connectivity index (χ3n) is 4.43. The van der Waals surface area contributed by atoms with E-state index in [1.807, 2.05) is 0 Å². The van der Waals surface area contributed by atoms with Gasteiger partial charge in [0.05, 0.1) is 29.7 Å². The number of benzene rings is 1. The number of amides is 2. The zero-order valence-corrected chi connectivity index (χ0v) is 17.1. The first kappa shape index (κ1) is 20.9. The first-order valence-electron chi connectivity index (χ1n) is 8.72. The zero-order chi connectivity index (χ0) is 21.2. The molecule has 3 rings (SSSR count). The van der Waals surface area contributed by atoms with Crippen molar-refractivity contribution in [2.75, 3.05) is 29.4 Å². The second-order valence-corrected chi connectivity index (χ2v) is 8.95. The molecule has 12 heteroatoms. The summed E-state index contributed by atoms with van der Waals surface area (Å²) in [4.78, 5) is 24.9. The van der Waals surface area contributed by atoms with Crippen LogP contribution in [0.4, 0.5) is 16.2 Å². The van der Waals surface area contributed by atoms with E-state index in [4.69, 9.17) is 16.7 Å². The minimum atomic E-state index is -3.48. The number of hydrogen-bond donors (Lipinski definition) is 3. The van der Waals surface area contributed by atoms with Gasteiger partial charge in [-0.25, -0.2) is 13.2 Å². The minimum absolute atomic E-state index is 0.0175. The molecule has 0 spiro atoms. The lowest BCUT2D eigenvalue weighted by molar-refractivity contribution is 0.102. The maximum Gasteiger partial charge on any atom is 0.407 e. The normalized spacial score (nSPS) is 15.2. The highest BCUT2D eigenvalue weighted by atomic mass is 35.5. The van der Waals surface area contributed by atoms with E-state index in [9.17, 15) is 18.0 Å². The van der Waals surface area contributed by atoms with Crippen LogP contribution in [0.25, 0.3) is 0 Å². The maximum atomic E-state index is 12.5. The molecule has 2 heterocycles. The summed E-state index contributed by atoms with van der Waals surface area (Å²) in [7, 11) is -3.48. The average Bonchev–Trinajstić information content (AvgIpc) is 3.10. The van der Waals surface area contributed by atoms with Gasteiger partial charge in [0.25, 0.3) is 5.91 Å². The third-order valence-corrected chi connectivity index (χ3v) is 5.26. The Balaban J connectivity index is 1.67. The summed E-state index contributed by atoms with van der Waals surface area (Å²) in [5.41, 5.74) is 0.885. The fourth-order valence-corrected chi connectivity index (χ4v) is 3.90. The van der Waals surface area contributed by atoms with Gasteiger partial charge in [-0.3, -0.25) is 14.2 Å². The van der Waals surface area contributed by atoms with Crippen LogP contribution in [-0.4, -0.2) is 59.6 Å². The summed E-state index contributed by atoms with van der Waals surface area (Å²) in [6, 6.07) is 4.40. The molecule has 0 atom stereocenters. The van der Waals surface area contributed by atoms with Crippen molar-refractivity contribution < 1.29 is 23.1 Å². The van der Waals surface area contributed by atoms with Crippen molar-refractivity contribution >= 4 is 45.0 Å². The molecule has 2 aromatic rings. The molecule has 0 unspecified atom stereocenters. The molecule has 1 aliphatic heterocycles. The Bertz CT molecular complexity index is 1030. The van der Waals surface area contributed by atoms with Crippen molar-refractivity contribution in [2.45, 2.75) is 18.9 Å². The number of aromatic nitrogens is 2. The molecule has 156 valence electrons. The lowest BCUT2D eigenvalue weighted by atomic mass is 10.1. The van der Waals surface area contributed by atoms with Crippen LogP contribution in [0, 0.1) is 0 Å². The quantitative estimate of drug-likeness (QED) is 0.652. The molecule has 1 saturated heterocycles. The fourth-order valence-electron chi connectivity index (χ4n) is 3.11. The molecule has 0 bridgehead atoms. The van der Waals surface area contributed by atoms with Crippen molar-refractivity contribution in [2.24, 2.45) is 0 Å². The summed E-state index contributed by atoms with van der Waals surface area (Å²) in [6.07, 6.45) is 4.35. The minimum Gasteiger partial charge on any atom is -0.465 e. The first-order valence-corrected chi connectivity index (χ1v) is 11.0. The number of carbonyl (C=O) groups excluding carboxylic acids is 1. The van der Waals surface area contributed by atoms with Crippen LogP contribution < -0.4 is 10.0 Å². The summed E-state index contributed by atoms with van der Waals surface area (Å²) in [5.74, 6) is -0.424. The number of carboxylic acid groups (broad SMARTS) is 1. The number of carbonyl (C=O) groups is 2. The van der Waals surface area contributed by atoms with Crippen molar-refractivity contribution in [3.63, 3.8) is 0 Å². The fraction of sp³-hybridized carbons (Fsp3) is 0.353. The smallest absolute Gasteiger partial charge is 0.407 e. The molecule has 3 N–H and O–H groups in total. The molecule has 1 aliphatic rings. The number of nitrogens with zero attached hydrogens (tertiary/aromatic N) is 3. The number of piperidine rings is 1. The van der Waals surface area contributed by atoms with Crippen LogP contribution in [-0.2, 0) is 10.0 Å². The lowest BCUT2D eigenvalue weighted by Gasteiger charge is -2.29. The Morgan fingerprint density at radius 3 is 2.48 bits per heavy atom. The number of sulfonamides is 1. The van der Waals surface area contributed by atoms with Gasteiger partial charge in [-0.15, -0.1) is 0 Å². The molecule has 2 amide bonds. The molecular weight excluding hydrogens is 422 g/mol. The van der Waals surface area contributed by atoms with Gasteiger partial charge in [-0.2, -0.15) is 5.10 Å². The molecular formula is C17H20ClN5O5S. The SMILES string of the molecule is CS(=O)(=O)Nc1cc(Cl)cc(NC(=O)c2cnn(C3CCN(C(=O)O)CC3)c2)c1. The highest BCUT2D eigenvalue weighted by Gasteiger charge is 2.24. The van der Waals surface area contributed by atoms with E-state index < -0.39 is 22.0 Å². The maximum absolute atomic E-state index is 12.5. The summed E-state index contributed by atoms with van der Waals surface area (Å²) in [5, 5.41) is 16.2. The Labute approximate surface area is 172 Å². The van der Waals surface area contributed by atoms with Gasteiger partial charge in [0.1, 0.15) is 0 Å². The number of halogens is 1. The second-order valence-electron chi connectivity index (χ2n) is 6.77. The van der Waals surface area contributed by atoms with E-state index >= 15 is 0 Å². The van der Waals surface area contributed by atoms with Gasteiger partial charge in [0.15, 0.2) is 0 Å². The largest absolute Gasteiger partial charge is 0.465 e. The van der Waals surface area contributed by atoms with Crippen LogP contribution in [0.1, 0.15) is 29.2 Å².